The molecule has 0 saturated carbocycles. The minimum Gasteiger partial charge on any atom is -0.497 e. The van der Waals surface area contributed by atoms with E-state index >= 15 is 0 Å². The van der Waals surface area contributed by atoms with Crippen LogP contribution in [-0.4, -0.2) is 22.5 Å². The van der Waals surface area contributed by atoms with Crippen LogP contribution in [0.5, 0.6) is 5.75 Å². The number of hydrogen-bond donors (Lipinski definition) is 1. The molecule has 1 heterocycles. The lowest BCUT2D eigenvalue weighted by Crippen LogP contribution is -2.35. The molecule has 8 heteroatoms. The Balaban J connectivity index is 1.86. The van der Waals surface area contributed by atoms with Gasteiger partial charge in [0.05, 0.1) is 24.3 Å². The lowest BCUT2D eigenvalue weighted by atomic mass is 9.98. The zero-order chi connectivity index (χ0) is 20.8. The molecule has 8 nitrogen and oxygen atoms in total. The summed E-state index contributed by atoms with van der Waals surface area (Å²) in [5, 5.41) is 13.8. The second-order valence-corrected chi connectivity index (χ2v) is 6.29. The Morgan fingerprint density at radius 1 is 1.07 bits per heavy atom. The van der Waals surface area contributed by atoms with Gasteiger partial charge in [0.1, 0.15) is 12.3 Å². The van der Waals surface area contributed by atoms with Crippen LogP contribution in [-0.2, 0) is 11.3 Å². The third-order valence-electron chi connectivity index (χ3n) is 4.38. The zero-order valence-electron chi connectivity index (χ0n) is 15.6. The summed E-state index contributed by atoms with van der Waals surface area (Å²) < 4.78 is 6.20. The minimum atomic E-state index is -0.613. The van der Waals surface area contributed by atoms with E-state index < -0.39 is 22.4 Å². The van der Waals surface area contributed by atoms with Gasteiger partial charge in [-0.1, -0.05) is 42.5 Å². The summed E-state index contributed by atoms with van der Waals surface area (Å²) in [5.74, 6) is 0.243. The third-order valence-corrected chi connectivity index (χ3v) is 4.38. The fraction of sp³-hybridized carbons (Fsp3) is 0.143. The van der Waals surface area contributed by atoms with Crippen molar-refractivity contribution in [2.45, 2.75) is 12.6 Å². The molecule has 1 N–H and O–H groups in total. The standard InChI is InChI=1S/C21H19N3O5/c1-29-18-10-7-16(8-11-18)21(15-5-3-2-4-6-15)22-19(25)14-23-13-17(24(27)28)9-12-20(23)26/h2-13,21H,14H2,1H3,(H,22,25)/t21-/m0/s1. The smallest absolute Gasteiger partial charge is 0.285 e. The molecule has 1 aromatic heterocycles. The molecule has 0 fully saturated rings. The highest BCUT2D eigenvalue weighted by atomic mass is 16.6. The SMILES string of the molecule is COc1ccc([C@@H](NC(=O)Cn2cc([N+](=O)[O-])ccc2=O)c2ccccc2)cc1. The molecule has 0 aliphatic rings. The third kappa shape index (κ3) is 4.86. The van der Waals surface area contributed by atoms with Crippen molar-refractivity contribution < 1.29 is 14.5 Å². The highest BCUT2D eigenvalue weighted by molar-refractivity contribution is 5.77. The molecule has 2 aromatic carbocycles. The van der Waals surface area contributed by atoms with Crippen LogP contribution in [0.2, 0.25) is 0 Å². The molecular formula is C21H19N3O5. The van der Waals surface area contributed by atoms with E-state index in [1.54, 1.807) is 19.2 Å². The van der Waals surface area contributed by atoms with Crippen molar-refractivity contribution in [1.82, 2.24) is 9.88 Å². The Kier molecular flexibility index (Phi) is 6.03. The van der Waals surface area contributed by atoms with Gasteiger partial charge >= 0.3 is 0 Å². The van der Waals surface area contributed by atoms with Gasteiger partial charge < -0.3 is 10.1 Å². The van der Waals surface area contributed by atoms with Crippen molar-refractivity contribution in [3.63, 3.8) is 0 Å². The van der Waals surface area contributed by atoms with E-state index in [2.05, 4.69) is 5.32 Å². The van der Waals surface area contributed by atoms with Gasteiger partial charge in [0.2, 0.25) is 5.91 Å². The molecule has 148 valence electrons. The average Bonchev–Trinajstić information content (AvgIpc) is 2.74. The van der Waals surface area contributed by atoms with Gasteiger partial charge in [0.15, 0.2) is 0 Å². The summed E-state index contributed by atoms with van der Waals surface area (Å²) in [6, 6.07) is 18.4. The summed E-state index contributed by atoms with van der Waals surface area (Å²) in [5.41, 5.74) is 0.938. The van der Waals surface area contributed by atoms with Gasteiger partial charge in [0, 0.05) is 12.1 Å². The number of aromatic nitrogens is 1. The number of carbonyl (C=O) groups is 1. The number of benzene rings is 2. The van der Waals surface area contributed by atoms with Crippen molar-refractivity contribution in [3.05, 3.63) is 105 Å². The first kappa shape index (κ1) is 19.8. The first-order chi connectivity index (χ1) is 14.0. The van der Waals surface area contributed by atoms with Crippen LogP contribution in [0, 0.1) is 10.1 Å². The highest BCUT2D eigenvalue weighted by Crippen LogP contribution is 2.24. The number of ether oxygens (including phenoxy) is 1. The van der Waals surface area contributed by atoms with E-state index in [1.807, 2.05) is 42.5 Å². The van der Waals surface area contributed by atoms with Crippen molar-refractivity contribution in [2.24, 2.45) is 0 Å². The quantitative estimate of drug-likeness (QED) is 0.491. The summed E-state index contributed by atoms with van der Waals surface area (Å²) in [6.07, 6.45) is 1.06. The zero-order valence-corrected chi connectivity index (χ0v) is 15.6. The maximum Gasteiger partial charge on any atom is 0.285 e. The minimum absolute atomic E-state index is 0.257. The summed E-state index contributed by atoms with van der Waals surface area (Å²) in [6.45, 7) is -0.333. The number of amides is 1. The number of pyridine rings is 1. The Bertz CT molecular complexity index is 1060. The summed E-state index contributed by atoms with van der Waals surface area (Å²) >= 11 is 0. The van der Waals surface area contributed by atoms with Crippen LogP contribution in [0.3, 0.4) is 0 Å². The number of nitrogens with zero attached hydrogens (tertiary/aromatic N) is 2. The number of rotatable bonds is 7. The molecule has 1 amide bonds. The van der Waals surface area contributed by atoms with E-state index in [9.17, 15) is 19.7 Å². The molecule has 0 spiro atoms. The molecule has 29 heavy (non-hydrogen) atoms. The molecule has 0 unspecified atom stereocenters. The summed E-state index contributed by atoms with van der Waals surface area (Å²) in [7, 11) is 1.57. The predicted molar refractivity (Wildman–Crippen MR) is 107 cm³/mol. The topological polar surface area (TPSA) is 103 Å². The second-order valence-electron chi connectivity index (χ2n) is 6.29. The van der Waals surface area contributed by atoms with E-state index in [0.29, 0.717) is 5.75 Å². The molecule has 0 saturated heterocycles. The van der Waals surface area contributed by atoms with Gasteiger partial charge in [-0.2, -0.15) is 0 Å². The van der Waals surface area contributed by atoms with Gasteiger partial charge in [-0.3, -0.25) is 24.3 Å². The van der Waals surface area contributed by atoms with Crippen molar-refractivity contribution >= 4 is 11.6 Å². The van der Waals surface area contributed by atoms with Crippen LogP contribution in [0.1, 0.15) is 17.2 Å². The molecule has 0 bridgehead atoms. The van der Waals surface area contributed by atoms with Crippen molar-refractivity contribution in [1.29, 1.82) is 0 Å². The first-order valence-corrected chi connectivity index (χ1v) is 8.81. The number of nitrogens with one attached hydrogen (secondary N) is 1. The van der Waals surface area contributed by atoms with E-state index in [-0.39, 0.29) is 12.2 Å². The largest absolute Gasteiger partial charge is 0.497 e. The summed E-state index contributed by atoms with van der Waals surface area (Å²) in [4.78, 5) is 34.9. The Labute approximate surface area is 166 Å². The van der Waals surface area contributed by atoms with Gasteiger partial charge in [-0.25, -0.2) is 0 Å². The van der Waals surface area contributed by atoms with Gasteiger partial charge in [-0.05, 0) is 23.3 Å². The highest BCUT2D eigenvalue weighted by Gasteiger charge is 2.18. The fourth-order valence-corrected chi connectivity index (χ4v) is 2.91. The van der Waals surface area contributed by atoms with E-state index in [1.165, 1.54) is 0 Å². The van der Waals surface area contributed by atoms with Gasteiger partial charge in [-0.15, -0.1) is 0 Å². The van der Waals surface area contributed by atoms with Crippen molar-refractivity contribution in [3.8, 4) is 5.75 Å². The number of carbonyl (C=O) groups excluding carboxylic acids is 1. The van der Waals surface area contributed by atoms with E-state index in [0.717, 1.165) is 34.0 Å². The van der Waals surface area contributed by atoms with Crippen LogP contribution in [0.4, 0.5) is 5.69 Å². The van der Waals surface area contributed by atoms with Gasteiger partial charge in [0.25, 0.3) is 11.2 Å². The Morgan fingerprint density at radius 2 is 1.72 bits per heavy atom. The first-order valence-electron chi connectivity index (χ1n) is 8.81. The second kappa shape index (κ2) is 8.83. The molecular weight excluding hydrogens is 374 g/mol. The number of hydrogen-bond acceptors (Lipinski definition) is 5. The predicted octanol–water partition coefficient (Wildman–Crippen LogP) is 2.67. The number of methoxy groups -OCH3 is 1. The number of nitro groups is 1. The molecule has 0 aliphatic heterocycles. The Hall–Kier alpha value is -3.94. The monoisotopic (exact) mass is 393 g/mol. The molecule has 1 atom stereocenters. The molecule has 3 rings (SSSR count). The average molecular weight is 393 g/mol. The maximum absolute atomic E-state index is 12.7. The maximum atomic E-state index is 12.7. The van der Waals surface area contributed by atoms with Crippen LogP contribution in [0.25, 0.3) is 0 Å². The Morgan fingerprint density at radius 3 is 2.34 bits per heavy atom. The molecule has 3 aromatic rings. The van der Waals surface area contributed by atoms with Crippen LogP contribution in [0.15, 0.2) is 77.7 Å². The van der Waals surface area contributed by atoms with Crippen LogP contribution >= 0.6 is 0 Å². The normalized spacial score (nSPS) is 11.5. The molecule has 0 aliphatic carbocycles. The lowest BCUT2D eigenvalue weighted by molar-refractivity contribution is -0.385. The van der Waals surface area contributed by atoms with Crippen LogP contribution < -0.4 is 15.6 Å². The molecule has 0 radical (unpaired) electrons. The van der Waals surface area contributed by atoms with E-state index in [4.69, 9.17) is 4.74 Å². The fourth-order valence-electron chi connectivity index (χ4n) is 2.91. The lowest BCUT2D eigenvalue weighted by Gasteiger charge is -2.20. The van der Waals surface area contributed by atoms with Crippen molar-refractivity contribution in [2.75, 3.05) is 7.11 Å².